The zero-order chi connectivity index (χ0) is 13.9. The van der Waals surface area contributed by atoms with Crippen molar-refractivity contribution >= 4 is 9.84 Å². The van der Waals surface area contributed by atoms with Crippen LogP contribution in [0.4, 0.5) is 0 Å². The van der Waals surface area contributed by atoms with E-state index in [9.17, 15) is 8.42 Å². The molecule has 0 bridgehead atoms. The summed E-state index contributed by atoms with van der Waals surface area (Å²) in [5.41, 5.74) is 5.97. The highest BCUT2D eigenvalue weighted by Gasteiger charge is 2.28. The standard InChI is InChI=1S/C14H21NO3S/c1-2-10-19(16,17)14-9-4-3-7-13(14)18-12-8-5-6-11(12)15/h3-4,7,9,11-12H,2,5-6,8,10,15H2,1H3. The van der Waals surface area contributed by atoms with Gasteiger partial charge in [-0.05, 0) is 37.8 Å². The number of hydrogen-bond acceptors (Lipinski definition) is 4. The summed E-state index contributed by atoms with van der Waals surface area (Å²) >= 11 is 0. The first-order valence-electron chi connectivity index (χ1n) is 6.78. The second-order valence-electron chi connectivity index (χ2n) is 5.02. The SMILES string of the molecule is CCCS(=O)(=O)c1ccccc1OC1CCCC1N. The molecule has 2 N–H and O–H groups in total. The van der Waals surface area contributed by atoms with Crippen LogP contribution in [0.3, 0.4) is 0 Å². The molecule has 4 nitrogen and oxygen atoms in total. The fourth-order valence-corrected chi connectivity index (χ4v) is 3.91. The fraction of sp³-hybridized carbons (Fsp3) is 0.571. The van der Waals surface area contributed by atoms with Gasteiger partial charge in [-0.2, -0.15) is 0 Å². The summed E-state index contributed by atoms with van der Waals surface area (Å²) in [5, 5.41) is 0. The maximum absolute atomic E-state index is 12.2. The number of hydrogen-bond donors (Lipinski definition) is 1. The highest BCUT2D eigenvalue weighted by molar-refractivity contribution is 7.91. The fourth-order valence-electron chi connectivity index (χ4n) is 2.45. The molecule has 1 fully saturated rings. The molecule has 1 aliphatic rings. The van der Waals surface area contributed by atoms with Crippen LogP contribution in [-0.2, 0) is 9.84 Å². The molecule has 0 saturated heterocycles. The van der Waals surface area contributed by atoms with Crippen molar-refractivity contribution in [1.29, 1.82) is 0 Å². The Kier molecular flexibility index (Phi) is 4.47. The van der Waals surface area contributed by atoms with Crippen molar-refractivity contribution in [2.45, 2.75) is 49.6 Å². The van der Waals surface area contributed by atoms with Crippen LogP contribution >= 0.6 is 0 Å². The van der Waals surface area contributed by atoms with Crippen molar-refractivity contribution in [3.63, 3.8) is 0 Å². The second-order valence-corrected chi connectivity index (χ2v) is 7.09. The van der Waals surface area contributed by atoms with Crippen LogP contribution in [0.5, 0.6) is 5.75 Å². The Balaban J connectivity index is 2.26. The largest absolute Gasteiger partial charge is 0.487 e. The van der Waals surface area contributed by atoms with E-state index < -0.39 is 9.84 Å². The highest BCUT2D eigenvalue weighted by Crippen LogP contribution is 2.29. The van der Waals surface area contributed by atoms with Crippen molar-refractivity contribution in [1.82, 2.24) is 0 Å². The molecule has 1 saturated carbocycles. The third-order valence-electron chi connectivity index (χ3n) is 3.44. The first kappa shape index (κ1) is 14.3. The van der Waals surface area contributed by atoms with Gasteiger partial charge in [-0.25, -0.2) is 8.42 Å². The number of rotatable bonds is 5. The van der Waals surface area contributed by atoms with Gasteiger partial charge in [-0.1, -0.05) is 19.1 Å². The van der Waals surface area contributed by atoms with Crippen LogP contribution in [0.15, 0.2) is 29.2 Å². The number of ether oxygens (including phenoxy) is 1. The van der Waals surface area contributed by atoms with Crippen molar-refractivity contribution in [2.24, 2.45) is 5.73 Å². The summed E-state index contributed by atoms with van der Waals surface area (Å²) < 4.78 is 30.2. The second kappa shape index (κ2) is 5.92. The molecule has 1 aromatic rings. The summed E-state index contributed by atoms with van der Waals surface area (Å²) in [6.07, 6.45) is 3.39. The molecule has 0 spiro atoms. The van der Waals surface area contributed by atoms with Crippen LogP contribution < -0.4 is 10.5 Å². The minimum atomic E-state index is -3.27. The third-order valence-corrected chi connectivity index (χ3v) is 5.39. The van der Waals surface area contributed by atoms with Gasteiger partial charge in [-0.3, -0.25) is 0 Å². The molecule has 0 radical (unpaired) electrons. The topological polar surface area (TPSA) is 69.4 Å². The van der Waals surface area contributed by atoms with Crippen molar-refractivity contribution < 1.29 is 13.2 Å². The smallest absolute Gasteiger partial charge is 0.182 e. The lowest BCUT2D eigenvalue weighted by molar-refractivity contribution is 0.186. The maximum Gasteiger partial charge on any atom is 0.182 e. The number of sulfone groups is 1. The lowest BCUT2D eigenvalue weighted by Gasteiger charge is -2.20. The summed E-state index contributed by atoms with van der Waals surface area (Å²) in [7, 11) is -3.27. The Morgan fingerprint density at radius 2 is 2.05 bits per heavy atom. The van der Waals surface area contributed by atoms with Gasteiger partial charge in [0.1, 0.15) is 16.7 Å². The van der Waals surface area contributed by atoms with Crippen LogP contribution in [0.25, 0.3) is 0 Å². The molecule has 5 heteroatoms. The van der Waals surface area contributed by atoms with Gasteiger partial charge in [0, 0.05) is 6.04 Å². The molecule has 19 heavy (non-hydrogen) atoms. The predicted octanol–water partition coefficient (Wildman–Crippen LogP) is 2.13. The molecule has 2 rings (SSSR count). The zero-order valence-electron chi connectivity index (χ0n) is 11.2. The van der Waals surface area contributed by atoms with E-state index in [-0.39, 0.29) is 22.8 Å². The Hall–Kier alpha value is -1.07. The quantitative estimate of drug-likeness (QED) is 0.898. The monoisotopic (exact) mass is 283 g/mol. The van der Waals surface area contributed by atoms with E-state index in [0.717, 1.165) is 19.3 Å². The van der Waals surface area contributed by atoms with Gasteiger partial charge < -0.3 is 10.5 Å². The van der Waals surface area contributed by atoms with E-state index in [1.54, 1.807) is 24.3 Å². The van der Waals surface area contributed by atoms with Crippen molar-refractivity contribution in [3.8, 4) is 5.75 Å². The van der Waals surface area contributed by atoms with Gasteiger partial charge in [0.25, 0.3) is 0 Å². The van der Waals surface area contributed by atoms with Gasteiger partial charge in [0.05, 0.1) is 5.75 Å². The molecule has 0 heterocycles. The molecule has 106 valence electrons. The normalized spacial score (nSPS) is 23.5. The summed E-state index contributed by atoms with van der Waals surface area (Å²) in [6, 6.07) is 6.85. The molecule has 0 amide bonds. The predicted molar refractivity (Wildman–Crippen MR) is 75.0 cm³/mol. The molecule has 1 aromatic carbocycles. The van der Waals surface area contributed by atoms with Gasteiger partial charge in [0.2, 0.25) is 0 Å². The lowest BCUT2D eigenvalue weighted by Crippen LogP contribution is -2.34. The average Bonchev–Trinajstić information content (AvgIpc) is 2.75. The van der Waals surface area contributed by atoms with Crippen LogP contribution in [0.2, 0.25) is 0 Å². The third kappa shape index (κ3) is 3.28. The first-order chi connectivity index (χ1) is 9.04. The van der Waals surface area contributed by atoms with Gasteiger partial charge >= 0.3 is 0 Å². The number of para-hydroxylation sites is 1. The summed E-state index contributed by atoms with van der Waals surface area (Å²) in [4.78, 5) is 0.288. The summed E-state index contributed by atoms with van der Waals surface area (Å²) in [5.74, 6) is 0.586. The van der Waals surface area contributed by atoms with E-state index in [0.29, 0.717) is 12.2 Å². The molecule has 0 aliphatic heterocycles. The van der Waals surface area contributed by atoms with Crippen molar-refractivity contribution in [2.75, 3.05) is 5.75 Å². The Morgan fingerprint density at radius 3 is 2.68 bits per heavy atom. The van der Waals surface area contributed by atoms with Crippen molar-refractivity contribution in [3.05, 3.63) is 24.3 Å². The van der Waals surface area contributed by atoms with Crippen LogP contribution in [0, 0.1) is 0 Å². The Labute approximate surface area is 114 Å². The van der Waals surface area contributed by atoms with Crippen LogP contribution in [-0.4, -0.2) is 26.3 Å². The Morgan fingerprint density at radius 1 is 1.32 bits per heavy atom. The number of benzene rings is 1. The van der Waals surface area contributed by atoms with E-state index in [1.165, 1.54) is 0 Å². The highest BCUT2D eigenvalue weighted by atomic mass is 32.2. The van der Waals surface area contributed by atoms with Gasteiger partial charge in [-0.15, -0.1) is 0 Å². The number of nitrogens with two attached hydrogens (primary N) is 1. The zero-order valence-corrected chi connectivity index (χ0v) is 12.0. The molecule has 0 aromatic heterocycles. The van der Waals surface area contributed by atoms with E-state index in [4.69, 9.17) is 10.5 Å². The average molecular weight is 283 g/mol. The van der Waals surface area contributed by atoms with E-state index in [2.05, 4.69) is 0 Å². The Bertz CT molecular complexity index is 527. The molecule has 2 atom stereocenters. The van der Waals surface area contributed by atoms with Gasteiger partial charge in [0.15, 0.2) is 9.84 Å². The minimum Gasteiger partial charge on any atom is -0.487 e. The minimum absolute atomic E-state index is 0.00179. The first-order valence-corrected chi connectivity index (χ1v) is 8.44. The lowest BCUT2D eigenvalue weighted by atomic mass is 10.2. The summed E-state index contributed by atoms with van der Waals surface area (Å²) in [6.45, 7) is 1.86. The molecule has 2 unspecified atom stereocenters. The van der Waals surface area contributed by atoms with E-state index in [1.807, 2.05) is 6.92 Å². The van der Waals surface area contributed by atoms with E-state index >= 15 is 0 Å². The maximum atomic E-state index is 12.2. The molecular weight excluding hydrogens is 262 g/mol. The molecular formula is C14H21NO3S. The molecule has 1 aliphatic carbocycles. The van der Waals surface area contributed by atoms with Crippen LogP contribution in [0.1, 0.15) is 32.6 Å².